The van der Waals surface area contributed by atoms with Gasteiger partial charge in [-0.05, 0) is 41.5 Å². The Hall–Kier alpha value is -2.86. The summed E-state index contributed by atoms with van der Waals surface area (Å²) < 4.78 is 13.4. The Labute approximate surface area is 173 Å². The summed E-state index contributed by atoms with van der Waals surface area (Å²) in [5.41, 5.74) is 2.45. The molecule has 2 atom stereocenters. The van der Waals surface area contributed by atoms with E-state index in [1.807, 2.05) is 18.2 Å². The van der Waals surface area contributed by atoms with Crippen molar-refractivity contribution in [3.63, 3.8) is 0 Å². The standard InChI is InChI=1S/C22H21ClFN3O2/c1-26-19(9-13-4-3-5-15(23)8-13)21(28)27(2)20(22(26)29)10-14-12-25-18-11-16(24)6-7-17(14)18/h3-8,11-12,19-20,25H,9-10H2,1-2H3/t19-,20-/m0/s1. The molecule has 4 rings (SSSR count). The highest BCUT2D eigenvalue weighted by atomic mass is 35.5. The number of rotatable bonds is 4. The predicted octanol–water partition coefficient (Wildman–Crippen LogP) is 3.41. The van der Waals surface area contributed by atoms with E-state index in [9.17, 15) is 14.0 Å². The summed E-state index contributed by atoms with van der Waals surface area (Å²) in [4.78, 5) is 32.3. The number of fused-ring (bicyclic) bond motifs is 1. The first-order valence-corrected chi connectivity index (χ1v) is 9.76. The average Bonchev–Trinajstić information content (AvgIpc) is 3.09. The number of benzene rings is 2. The van der Waals surface area contributed by atoms with Crippen LogP contribution < -0.4 is 0 Å². The Morgan fingerprint density at radius 2 is 1.69 bits per heavy atom. The third kappa shape index (κ3) is 3.60. The number of hydrogen-bond acceptors (Lipinski definition) is 2. The van der Waals surface area contributed by atoms with E-state index in [0.717, 1.165) is 16.5 Å². The van der Waals surface area contributed by atoms with Gasteiger partial charge in [-0.2, -0.15) is 0 Å². The van der Waals surface area contributed by atoms with Crippen LogP contribution in [0.3, 0.4) is 0 Å². The molecule has 0 aliphatic carbocycles. The summed E-state index contributed by atoms with van der Waals surface area (Å²) in [6.07, 6.45) is 2.54. The van der Waals surface area contributed by atoms with Crippen LogP contribution in [0.5, 0.6) is 0 Å². The number of hydrogen-bond donors (Lipinski definition) is 1. The molecule has 0 radical (unpaired) electrons. The van der Waals surface area contributed by atoms with Crippen molar-refractivity contribution in [3.8, 4) is 0 Å². The molecule has 0 bridgehead atoms. The zero-order chi connectivity index (χ0) is 20.7. The highest BCUT2D eigenvalue weighted by Crippen LogP contribution is 2.26. The number of amides is 2. The Morgan fingerprint density at radius 3 is 2.38 bits per heavy atom. The van der Waals surface area contributed by atoms with Crippen molar-refractivity contribution in [3.05, 3.63) is 70.6 Å². The van der Waals surface area contributed by atoms with Crippen LogP contribution in [0.25, 0.3) is 10.9 Å². The van der Waals surface area contributed by atoms with Gasteiger partial charge in [0.25, 0.3) is 0 Å². The first kappa shape index (κ1) is 19.5. The smallest absolute Gasteiger partial charge is 0.246 e. The number of piperazine rings is 1. The lowest BCUT2D eigenvalue weighted by atomic mass is 9.95. The molecule has 2 amide bonds. The third-order valence-electron chi connectivity index (χ3n) is 5.66. The molecule has 1 saturated heterocycles. The monoisotopic (exact) mass is 413 g/mol. The number of carbonyl (C=O) groups is 2. The summed E-state index contributed by atoms with van der Waals surface area (Å²) in [6, 6.07) is 10.6. The molecule has 1 N–H and O–H groups in total. The molecule has 0 saturated carbocycles. The largest absolute Gasteiger partial charge is 0.361 e. The minimum atomic E-state index is -0.604. The van der Waals surface area contributed by atoms with E-state index >= 15 is 0 Å². The Bertz CT molecular complexity index is 1100. The SMILES string of the molecule is CN1C(=O)[C@H](Cc2c[nH]c3cc(F)ccc23)N(C)C(=O)[C@@H]1Cc1cccc(Cl)c1. The molecule has 2 aromatic carbocycles. The fourth-order valence-electron chi connectivity index (χ4n) is 3.98. The predicted molar refractivity (Wildman–Crippen MR) is 110 cm³/mol. The molecule has 150 valence electrons. The lowest BCUT2D eigenvalue weighted by Gasteiger charge is -2.42. The second-order valence-corrected chi connectivity index (χ2v) is 7.91. The second-order valence-electron chi connectivity index (χ2n) is 7.47. The zero-order valence-corrected chi connectivity index (χ0v) is 16.9. The van der Waals surface area contributed by atoms with Crippen molar-refractivity contribution in [1.82, 2.24) is 14.8 Å². The van der Waals surface area contributed by atoms with E-state index in [4.69, 9.17) is 11.6 Å². The molecule has 3 aromatic rings. The fourth-order valence-corrected chi connectivity index (χ4v) is 4.19. The number of H-pyrrole nitrogens is 1. The van der Waals surface area contributed by atoms with Gasteiger partial charge >= 0.3 is 0 Å². The molecule has 1 fully saturated rings. The van der Waals surface area contributed by atoms with Crippen molar-refractivity contribution >= 4 is 34.3 Å². The van der Waals surface area contributed by atoms with E-state index in [-0.39, 0.29) is 17.6 Å². The van der Waals surface area contributed by atoms with E-state index in [1.165, 1.54) is 21.9 Å². The van der Waals surface area contributed by atoms with Crippen LogP contribution in [0, 0.1) is 5.82 Å². The molecule has 7 heteroatoms. The average molecular weight is 414 g/mol. The molecule has 2 heterocycles. The van der Waals surface area contributed by atoms with Crippen molar-refractivity contribution < 1.29 is 14.0 Å². The van der Waals surface area contributed by atoms with Gasteiger partial charge in [-0.3, -0.25) is 9.59 Å². The lowest BCUT2D eigenvalue weighted by Crippen LogP contribution is -2.63. The number of aromatic nitrogens is 1. The first-order valence-electron chi connectivity index (χ1n) is 9.38. The minimum Gasteiger partial charge on any atom is -0.361 e. The van der Waals surface area contributed by atoms with Crippen LogP contribution in [-0.4, -0.2) is 52.8 Å². The van der Waals surface area contributed by atoms with Gasteiger partial charge in [-0.25, -0.2) is 4.39 Å². The summed E-state index contributed by atoms with van der Waals surface area (Å²) in [5.74, 6) is -0.547. The third-order valence-corrected chi connectivity index (χ3v) is 5.90. The molecule has 1 aliphatic heterocycles. The van der Waals surface area contributed by atoms with Gasteiger partial charge in [0, 0.05) is 49.1 Å². The Morgan fingerprint density at radius 1 is 1.00 bits per heavy atom. The summed E-state index contributed by atoms with van der Waals surface area (Å²) >= 11 is 6.05. The molecule has 1 aromatic heterocycles. The van der Waals surface area contributed by atoms with Gasteiger partial charge in [0.1, 0.15) is 17.9 Å². The molecule has 0 unspecified atom stereocenters. The first-order chi connectivity index (χ1) is 13.8. The summed E-state index contributed by atoms with van der Waals surface area (Å²) in [6.45, 7) is 0. The number of nitrogens with one attached hydrogen (secondary N) is 1. The highest BCUT2D eigenvalue weighted by Gasteiger charge is 2.42. The number of halogens is 2. The van der Waals surface area contributed by atoms with Crippen LogP contribution in [0.2, 0.25) is 5.02 Å². The number of carbonyl (C=O) groups excluding carboxylic acids is 2. The van der Waals surface area contributed by atoms with Gasteiger partial charge in [0.2, 0.25) is 11.8 Å². The quantitative estimate of drug-likeness (QED) is 0.712. The van der Waals surface area contributed by atoms with Crippen LogP contribution in [0.15, 0.2) is 48.7 Å². The number of nitrogens with zero attached hydrogens (tertiary/aromatic N) is 2. The van der Waals surface area contributed by atoms with Crippen LogP contribution >= 0.6 is 11.6 Å². The number of aromatic amines is 1. The van der Waals surface area contributed by atoms with Crippen LogP contribution in [0.1, 0.15) is 11.1 Å². The highest BCUT2D eigenvalue weighted by molar-refractivity contribution is 6.30. The van der Waals surface area contributed by atoms with E-state index in [0.29, 0.717) is 23.4 Å². The van der Waals surface area contributed by atoms with Gasteiger partial charge in [0.05, 0.1) is 0 Å². The van der Waals surface area contributed by atoms with Gasteiger partial charge in [0.15, 0.2) is 0 Å². The van der Waals surface area contributed by atoms with Crippen molar-refractivity contribution in [2.75, 3.05) is 14.1 Å². The summed E-state index contributed by atoms with van der Waals surface area (Å²) in [5, 5.41) is 1.45. The topological polar surface area (TPSA) is 56.4 Å². The fraction of sp³-hybridized carbons (Fsp3) is 0.273. The minimum absolute atomic E-state index is 0.108. The lowest BCUT2D eigenvalue weighted by molar-refractivity contribution is -0.158. The van der Waals surface area contributed by atoms with Crippen molar-refractivity contribution in [2.24, 2.45) is 0 Å². The van der Waals surface area contributed by atoms with Gasteiger partial charge in [-0.1, -0.05) is 23.7 Å². The normalized spacial score (nSPS) is 20.0. The van der Waals surface area contributed by atoms with E-state index < -0.39 is 12.1 Å². The van der Waals surface area contributed by atoms with Crippen molar-refractivity contribution in [1.29, 1.82) is 0 Å². The molecule has 29 heavy (non-hydrogen) atoms. The van der Waals surface area contributed by atoms with E-state index in [2.05, 4.69) is 4.98 Å². The Balaban J connectivity index is 1.57. The van der Waals surface area contributed by atoms with Crippen LogP contribution in [-0.2, 0) is 22.4 Å². The van der Waals surface area contributed by atoms with Gasteiger partial charge in [-0.15, -0.1) is 0 Å². The maximum atomic E-state index is 13.4. The van der Waals surface area contributed by atoms with Crippen molar-refractivity contribution in [2.45, 2.75) is 24.9 Å². The van der Waals surface area contributed by atoms with Crippen LogP contribution in [0.4, 0.5) is 4.39 Å². The van der Waals surface area contributed by atoms with E-state index in [1.54, 1.807) is 32.4 Å². The molecular formula is C22H21ClFN3O2. The molecular weight excluding hydrogens is 393 g/mol. The zero-order valence-electron chi connectivity index (χ0n) is 16.2. The Kier molecular flexibility index (Phi) is 5.04. The maximum absolute atomic E-state index is 13.4. The number of likely N-dealkylation sites (N-methyl/N-ethyl adjacent to an activating group) is 2. The molecule has 0 spiro atoms. The second kappa shape index (κ2) is 7.52. The maximum Gasteiger partial charge on any atom is 0.246 e. The summed E-state index contributed by atoms with van der Waals surface area (Å²) in [7, 11) is 3.33. The molecule has 5 nitrogen and oxygen atoms in total. The molecule has 1 aliphatic rings. The van der Waals surface area contributed by atoms with Gasteiger partial charge < -0.3 is 14.8 Å².